The number of hydrogen-bond acceptors (Lipinski definition) is 4. The summed E-state index contributed by atoms with van der Waals surface area (Å²) in [4.78, 5) is 21.1. The van der Waals surface area contributed by atoms with Crippen molar-refractivity contribution in [1.82, 2.24) is 0 Å². The molecule has 0 aromatic heterocycles. The Morgan fingerprint density at radius 3 is 2.88 bits per heavy atom. The molecule has 0 fully saturated rings. The van der Waals surface area contributed by atoms with Crippen molar-refractivity contribution in [3.63, 3.8) is 0 Å². The van der Waals surface area contributed by atoms with E-state index in [0.29, 0.717) is 11.3 Å². The molecule has 16 heavy (non-hydrogen) atoms. The number of carboxylic acid groups (broad SMARTS) is 1. The lowest BCUT2D eigenvalue weighted by atomic mass is 10.1. The number of anilines is 1. The Morgan fingerprint density at radius 1 is 1.62 bits per heavy atom. The van der Waals surface area contributed by atoms with Crippen molar-refractivity contribution < 1.29 is 14.8 Å². The quantitative estimate of drug-likeness (QED) is 0.581. The molecule has 0 saturated heterocycles. The Hall–Kier alpha value is -2.11. The monoisotopic (exact) mass is 222 g/mol. The Balaban J connectivity index is 2.48. The van der Waals surface area contributed by atoms with E-state index in [1.165, 1.54) is 6.07 Å². The van der Waals surface area contributed by atoms with E-state index < -0.39 is 16.9 Å². The molecule has 6 heteroatoms. The Bertz CT molecular complexity index is 484. The molecular formula is C10H10N2O4. The zero-order chi connectivity index (χ0) is 11.9. The number of nitro groups is 1. The van der Waals surface area contributed by atoms with Crippen LogP contribution >= 0.6 is 0 Å². The van der Waals surface area contributed by atoms with Crippen LogP contribution in [0, 0.1) is 17.0 Å². The molecular weight excluding hydrogens is 212 g/mol. The summed E-state index contributed by atoms with van der Waals surface area (Å²) in [5, 5.41) is 22.3. The predicted octanol–water partition coefficient (Wildman–Crippen LogP) is 1.32. The minimum absolute atomic E-state index is 0.0567. The molecule has 1 aromatic carbocycles. The van der Waals surface area contributed by atoms with Gasteiger partial charge in [0.2, 0.25) is 0 Å². The summed E-state index contributed by atoms with van der Waals surface area (Å²) in [6, 6.07) is 2.45. The van der Waals surface area contributed by atoms with E-state index in [9.17, 15) is 14.9 Å². The van der Waals surface area contributed by atoms with E-state index in [4.69, 9.17) is 5.11 Å². The van der Waals surface area contributed by atoms with Gasteiger partial charge in [0.1, 0.15) is 11.7 Å². The van der Waals surface area contributed by atoms with Gasteiger partial charge in [-0.2, -0.15) is 0 Å². The highest BCUT2D eigenvalue weighted by Gasteiger charge is 2.32. The number of nitrogens with one attached hydrogen (secondary N) is 1. The number of aliphatic carboxylic acids is 1. The van der Waals surface area contributed by atoms with Crippen molar-refractivity contribution >= 4 is 17.3 Å². The molecule has 1 aliphatic rings. The first-order chi connectivity index (χ1) is 7.49. The molecule has 2 rings (SSSR count). The van der Waals surface area contributed by atoms with Crippen LogP contribution in [0.25, 0.3) is 0 Å². The number of hydrogen-bond donors (Lipinski definition) is 2. The highest BCUT2D eigenvalue weighted by atomic mass is 16.6. The Morgan fingerprint density at radius 2 is 2.31 bits per heavy atom. The first kappa shape index (κ1) is 10.4. The van der Waals surface area contributed by atoms with Crippen LogP contribution < -0.4 is 5.32 Å². The second kappa shape index (κ2) is 3.48. The molecule has 0 aliphatic carbocycles. The van der Waals surface area contributed by atoms with Crippen LogP contribution in [-0.4, -0.2) is 22.0 Å². The number of nitro benzene ring substituents is 1. The third kappa shape index (κ3) is 1.58. The molecule has 0 spiro atoms. The van der Waals surface area contributed by atoms with Gasteiger partial charge in [-0.1, -0.05) is 6.07 Å². The molecule has 1 aliphatic heterocycles. The smallest absolute Gasteiger partial charge is 0.326 e. The van der Waals surface area contributed by atoms with E-state index in [-0.39, 0.29) is 12.1 Å². The van der Waals surface area contributed by atoms with Gasteiger partial charge in [0.05, 0.1) is 4.92 Å². The van der Waals surface area contributed by atoms with Gasteiger partial charge in [-0.3, -0.25) is 10.1 Å². The van der Waals surface area contributed by atoms with Gasteiger partial charge < -0.3 is 10.4 Å². The summed E-state index contributed by atoms with van der Waals surface area (Å²) < 4.78 is 0. The van der Waals surface area contributed by atoms with E-state index in [1.807, 2.05) is 0 Å². The average molecular weight is 222 g/mol. The maximum absolute atomic E-state index is 10.8. The van der Waals surface area contributed by atoms with Crippen LogP contribution in [-0.2, 0) is 11.2 Å². The number of aryl methyl sites for hydroxylation is 1. The first-order valence-corrected chi connectivity index (χ1v) is 4.76. The van der Waals surface area contributed by atoms with Crippen molar-refractivity contribution in [1.29, 1.82) is 0 Å². The zero-order valence-corrected chi connectivity index (χ0v) is 8.56. The van der Waals surface area contributed by atoms with Crippen molar-refractivity contribution in [2.45, 2.75) is 19.4 Å². The van der Waals surface area contributed by atoms with Gasteiger partial charge in [0, 0.05) is 12.5 Å². The van der Waals surface area contributed by atoms with Crippen LogP contribution in [0.1, 0.15) is 11.1 Å². The topological polar surface area (TPSA) is 92.5 Å². The zero-order valence-electron chi connectivity index (χ0n) is 8.56. The van der Waals surface area contributed by atoms with Crippen LogP contribution in [0.4, 0.5) is 11.4 Å². The third-order valence-corrected chi connectivity index (χ3v) is 2.58. The van der Waals surface area contributed by atoms with Gasteiger partial charge in [-0.05, 0) is 18.1 Å². The van der Waals surface area contributed by atoms with Crippen molar-refractivity contribution in [2.24, 2.45) is 0 Å². The maximum Gasteiger partial charge on any atom is 0.326 e. The molecule has 0 amide bonds. The molecule has 0 bridgehead atoms. The van der Waals surface area contributed by atoms with Gasteiger partial charge >= 0.3 is 5.97 Å². The molecule has 6 nitrogen and oxygen atoms in total. The van der Waals surface area contributed by atoms with Crippen LogP contribution in [0.5, 0.6) is 0 Å². The van der Waals surface area contributed by atoms with Crippen molar-refractivity contribution in [3.8, 4) is 0 Å². The summed E-state index contributed by atoms with van der Waals surface area (Å²) in [6.07, 6.45) is 0.285. The molecule has 84 valence electrons. The van der Waals surface area contributed by atoms with Crippen LogP contribution in [0.2, 0.25) is 0 Å². The number of benzene rings is 1. The van der Waals surface area contributed by atoms with E-state index in [0.717, 1.165) is 5.56 Å². The maximum atomic E-state index is 10.8. The molecule has 1 unspecified atom stereocenters. The van der Waals surface area contributed by atoms with Crippen molar-refractivity contribution in [3.05, 3.63) is 33.4 Å². The van der Waals surface area contributed by atoms with E-state index in [1.54, 1.807) is 13.0 Å². The SMILES string of the molecule is Cc1cc2c(c([N+](=O)[O-])c1)NC(C(=O)O)C2. The lowest BCUT2D eigenvalue weighted by molar-refractivity contribution is -0.384. The van der Waals surface area contributed by atoms with E-state index >= 15 is 0 Å². The Labute approximate surface area is 91.0 Å². The lowest BCUT2D eigenvalue weighted by Crippen LogP contribution is -2.26. The first-order valence-electron chi connectivity index (χ1n) is 4.76. The predicted molar refractivity (Wildman–Crippen MR) is 56.6 cm³/mol. The molecule has 2 N–H and O–H groups in total. The van der Waals surface area contributed by atoms with Gasteiger partial charge in [0.25, 0.3) is 5.69 Å². The Kier molecular flexibility index (Phi) is 2.26. The molecule has 0 saturated carbocycles. The summed E-state index contributed by atoms with van der Waals surface area (Å²) in [7, 11) is 0. The second-order valence-corrected chi connectivity index (χ2v) is 3.81. The van der Waals surface area contributed by atoms with Crippen molar-refractivity contribution in [2.75, 3.05) is 5.32 Å². The van der Waals surface area contributed by atoms with E-state index in [2.05, 4.69) is 5.32 Å². The number of carbonyl (C=O) groups is 1. The molecule has 0 radical (unpaired) electrons. The largest absolute Gasteiger partial charge is 0.480 e. The molecule has 1 heterocycles. The van der Waals surface area contributed by atoms with Gasteiger partial charge in [-0.15, -0.1) is 0 Å². The highest BCUT2D eigenvalue weighted by molar-refractivity contribution is 5.84. The van der Waals surface area contributed by atoms with Crippen LogP contribution in [0.3, 0.4) is 0 Å². The number of fused-ring (bicyclic) bond motifs is 1. The number of rotatable bonds is 2. The minimum atomic E-state index is -0.997. The fourth-order valence-electron chi connectivity index (χ4n) is 1.91. The fourth-order valence-corrected chi connectivity index (χ4v) is 1.91. The van der Waals surface area contributed by atoms with Gasteiger partial charge in [0.15, 0.2) is 0 Å². The normalized spacial score (nSPS) is 17.7. The number of carboxylic acids is 1. The van der Waals surface area contributed by atoms with Crippen LogP contribution in [0.15, 0.2) is 12.1 Å². The summed E-state index contributed by atoms with van der Waals surface area (Å²) in [5.74, 6) is -0.997. The number of nitrogens with zero attached hydrogens (tertiary/aromatic N) is 1. The van der Waals surface area contributed by atoms with Gasteiger partial charge in [-0.25, -0.2) is 4.79 Å². The average Bonchev–Trinajstić information content (AvgIpc) is 2.59. The molecule has 1 aromatic rings. The summed E-state index contributed by atoms with van der Waals surface area (Å²) in [5.41, 5.74) is 1.74. The second-order valence-electron chi connectivity index (χ2n) is 3.81. The minimum Gasteiger partial charge on any atom is -0.480 e. The summed E-state index contributed by atoms with van der Waals surface area (Å²) in [6.45, 7) is 1.75. The standard InChI is InChI=1S/C10H10N2O4/c1-5-2-6-4-7(10(13)14)11-9(6)8(3-5)12(15)16/h2-3,7,11H,4H2,1H3,(H,13,14). The lowest BCUT2D eigenvalue weighted by Gasteiger charge is -2.04. The highest BCUT2D eigenvalue weighted by Crippen LogP contribution is 2.35. The third-order valence-electron chi connectivity index (χ3n) is 2.58. The fraction of sp³-hybridized carbons (Fsp3) is 0.300. The molecule has 1 atom stereocenters. The summed E-state index contributed by atoms with van der Waals surface area (Å²) >= 11 is 0.